The first-order valence-corrected chi connectivity index (χ1v) is 8.30. The second-order valence-electron chi connectivity index (χ2n) is 5.71. The first-order chi connectivity index (χ1) is 9.61. The Morgan fingerprint density at radius 1 is 1.40 bits per heavy atom. The summed E-state index contributed by atoms with van der Waals surface area (Å²) in [5, 5.41) is 12.5. The van der Waals surface area contributed by atoms with Crippen molar-refractivity contribution in [2.45, 2.75) is 40.0 Å². The van der Waals surface area contributed by atoms with Crippen molar-refractivity contribution in [1.82, 2.24) is 15.1 Å². The van der Waals surface area contributed by atoms with Gasteiger partial charge in [-0.3, -0.25) is 4.79 Å². The van der Waals surface area contributed by atoms with Gasteiger partial charge >= 0.3 is 0 Å². The van der Waals surface area contributed by atoms with Crippen molar-refractivity contribution in [1.29, 1.82) is 0 Å². The Kier molecular flexibility index (Phi) is 5.34. The van der Waals surface area contributed by atoms with E-state index in [-0.39, 0.29) is 5.91 Å². The van der Waals surface area contributed by atoms with Gasteiger partial charge in [-0.1, -0.05) is 32.1 Å². The number of carbonyl (C=O) groups is 1. The van der Waals surface area contributed by atoms with Crippen molar-refractivity contribution >= 4 is 22.4 Å². The van der Waals surface area contributed by atoms with Gasteiger partial charge in [-0.25, -0.2) is 0 Å². The number of aromatic nitrogens is 2. The van der Waals surface area contributed by atoms with E-state index in [0.717, 1.165) is 49.9 Å². The Morgan fingerprint density at radius 2 is 2.10 bits per heavy atom. The largest absolute Gasteiger partial charge is 0.360 e. The van der Waals surface area contributed by atoms with Gasteiger partial charge in [0.1, 0.15) is 0 Å². The minimum absolute atomic E-state index is 0.0363. The van der Waals surface area contributed by atoms with Crippen LogP contribution in [0.15, 0.2) is 0 Å². The molecule has 0 unspecified atom stereocenters. The van der Waals surface area contributed by atoms with Crippen LogP contribution in [0.3, 0.4) is 0 Å². The van der Waals surface area contributed by atoms with E-state index < -0.39 is 0 Å². The Morgan fingerprint density at radius 3 is 2.70 bits per heavy atom. The maximum atomic E-state index is 12.4. The fourth-order valence-electron chi connectivity index (χ4n) is 2.52. The Hall–Kier alpha value is -1.17. The summed E-state index contributed by atoms with van der Waals surface area (Å²) in [6.45, 7) is 9.18. The average molecular weight is 296 g/mol. The van der Waals surface area contributed by atoms with Crippen LogP contribution in [0.2, 0.25) is 0 Å². The highest BCUT2D eigenvalue weighted by Crippen LogP contribution is 2.26. The number of anilines is 1. The van der Waals surface area contributed by atoms with Gasteiger partial charge in [0.05, 0.1) is 0 Å². The van der Waals surface area contributed by atoms with Crippen LogP contribution >= 0.6 is 11.3 Å². The van der Waals surface area contributed by atoms with Crippen LogP contribution in [-0.4, -0.2) is 40.6 Å². The fourth-order valence-corrected chi connectivity index (χ4v) is 3.25. The molecule has 0 radical (unpaired) electrons. The van der Waals surface area contributed by atoms with Crippen molar-refractivity contribution in [3.8, 4) is 0 Å². The van der Waals surface area contributed by atoms with Gasteiger partial charge < -0.3 is 10.2 Å². The van der Waals surface area contributed by atoms with E-state index in [4.69, 9.17) is 0 Å². The molecule has 0 aliphatic carbocycles. The number of hydrogen-bond donors (Lipinski definition) is 1. The summed E-state index contributed by atoms with van der Waals surface area (Å²) in [6.07, 6.45) is 3.23. The molecule has 0 aromatic carbocycles. The number of likely N-dealkylation sites (tertiary alicyclic amines) is 1. The third-order valence-corrected chi connectivity index (χ3v) is 4.77. The lowest BCUT2D eigenvalue weighted by Gasteiger charge is -2.33. The quantitative estimate of drug-likeness (QED) is 0.907. The number of nitrogens with one attached hydrogen (secondary N) is 1. The van der Waals surface area contributed by atoms with E-state index >= 15 is 0 Å². The molecule has 2 heterocycles. The molecule has 20 heavy (non-hydrogen) atoms. The molecule has 1 saturated heterocycles. The lowest BCUT2D eigenvalue weighted by molar-refractivity contribution is 0.0666. The molecule has 1 aromatic rings. The molecule has 1 amide bonds. The highest BCUT2D eigenvalue weighted by Gasteiger charge is 2.27. The topological polar surface area (TPSA) is 58.1 Å². The molecule has 0 bridgehead atoms. The van der Waals surface area contributed by atoms with Gasteiger partial charge in [0.25, 0.3) is 5.91 Å². The summed E-state index contributed by atoms with van der Waals surface area (Å²) in [7, 11) is 0. The summed E-state index contributed by atoms with van der Waals surface area (Å²) in [5.74, 6) is 1.49. The Bertz CT molecular complexity index is 438. The third-order valence-electron chi connectivity index (χ3n) is 3.90. The minimum atomic E-state index is 0.0363. The van der Waals surface area contributed by atoms with E-state index in [1.165, 1.54) is 11.3 Å². The zero-order chi connectivity index (χ0) is 14.5. The summed E-state index contributed by atoms with van der Waals surface area (Å²) in [5.41, 5.74) is 0. The highest BCUT2D eigenvalue weighted by atomic mass is 32.1. The van der Waals surface area contributed by atoms with E-state index in [1.807, 2.05) is 4.90 Å². The van der Waals surface area contributed by atoms with Crippen molar-refractivity contribution in [2.24, 2.45) is 11.8 Å². The Labute approximate surface area is 124 Å². The standard InChI is InChI=1S/C14H24N4OS/c1-4-7-15-14-17-16-12(20-14)13(19)18-8-5-11(6-9-18)10(2)3/h10-11H,4-9H2,1-3H3,(H,15,17). The second-order valence-corrected chi connectivity index (χ2v) is 6.69. The lowest BCUT2D eigenvalue weighted by Crippen LogP contribution is -2.39. The molecule has 5 nitrogen and oxygen atoms in total. The average Bonchev–Trinajstić information content (AvgIpc) is 2.93. The van der Waals surface area contributed by atoms with Gasteiger partial charge in [-0.05, 0) is 31.1 Å². The van der Waals surface area contributed by atoms with Crippen LogP contribution in [0.1, 0.15) is 49.8 Å². The van der Waals surface area contributed by atoms with E-state index in [1.54, 1.807) is 0 Å². The summed E-state index contributed by atoms with van der Waals surface area (Å²) >= 11 is 1.36. The molecule has 0 atom stereocenters. The van der Waals surface area contributed by atoms with E-state index in [9.17, 15) is 4.79 Å². The fraction of sp³-hybridized carbons (Fsp3) is 0.786. The molecule has 1 aromatic heterocycles. The first kappa shape index (κ1) is 15.2. The van der Waals surface area contributed by atoms with Crippen molar-refractivity contribution in [3.05, 3.63) is 5.01 Å². The molecule has 0 spiro atoms. The summed E-state index contributed by atoms with van der Waals surface area (Å²) in [6, 6.07) is 0. The van der Waals surface area contributed by atoms with Gasteiger partial charge in [-0.2, -0.15) is 0 Å². The predicted octanol–water partition coefficient (Wildman–Crippen LogP) is 2.87. The zero-order valence-electron chi connectivity index (χ0n) is 12.6. The predicted molar refractivity (Wildman–Crippen MR) is 82.2 cm³/mol. The van der Waals surface area contributed by atoms with Crippen LogP contribution in [-0.2, 0) is 0 Å². The maximum Gasteiger partial charge on any atom is 0.284 e. The summed E-state index contributed by atoms with van der Waals surface area (Å²) in [4.78, 5) is 14.3. The number of carbonyl (C=O) groups excluding carboxylic acids is 1. The molecule has 0 saturated carbocycles. The van der Waals surface area contributed by atoms with Gasteiger partial charge in [0.15, 0.2) is 0 Å². The van der Waals surface area contributed by atoms with Crippen LogP contribution in [0.25, 0.3) is 0 Å². The number of rotatable bonds is 5. The number of amides is 1. The molecule has 2 rings (SSSR count). The van der Waals surface area contributed by atoms with Gasteiger partial charge in [-0.15, -0.1) is 10.2 Å². The van der Waals surface area contributed by atoms with Crippen LogP contribution in [0, 0.1) is 11.8 Å². The second kappa shape index (κ2) is 7.02. The smallest absolute Gasteiger partial charge is 0.284 e. The van der Waals surface area contributed by atoms with E-state index in [0.29, 0.717) is 10.9 Å². The number of nitrogens with zero attached hydrogens (tertiary/aromatic N) is 3. The van der Waals surface area contributed by atoms with Crippen LogP contribution < -0.4 is 5.32 Å². The molecule has 1 N–H and O–H groups in total. The molecular weight excluding hydrogens is 272 g/mol. The van der Waals surface area contributed by atoms with Crippen molar-refractivity contribution < 1.29 is 4.79 Å². The van der Waals surface area contributed by atoms with Crippen molar-refractivity contribution in [2.75, 3.05) is 25.0 Å². The molecule has 1 aliphatic rings. The lowest BCUT2D eigenvalue weighted by atomic mass is 9.87. The van der Waals surface area contributed by atoms with Gasteiger partial charge in [0.2, 0.25) is 10.1 Å². The molecule has 1 fully saturated rings. The van der Waals surface area contributed by atoms with Gasteiger partial charge in [0, 0.05) is 19.6 Å². The Balaban J connectivity index is 1.90. The first-order valence-electron chi connectivity index (χ1n) is 7.48. The van der Waals surface area contributed by atoms with Crippen LogP contribution in [0.5, 0.6) is 0 Å². The number of piperidine rings is 1. The molecule has 1 aliphatic heterocycles. The zero-order valence-corrected chi connectivity index (χ0v) is 13.4. The van der Waals surface area contributed by atoms with E-state index in [2.05, 4.69) is 36.3 Å². The monoisotopic (exact) mass is 296 g/mol. The highest BCUT2D eigenvalue weighted by molar-refractivity contribution is 7.17. The van der Waals surface area contributed by atoms with Crippen LogP contribution in [0.4, 0.5) is 5.13 Å². The molecule has 6 heteroatoms. The van der Waals surface area contributed by atoms with Crippen molar-refractivity contribution in [3.63, 3.8) is 0 Å². The molecular formula is C14H24N4OS. The SMILES string of the molecule is CCCNc1nnc(C(=O)N2CCC(C(C)C)CC2)s1. The minimum Gasteiger partial charge on any atom is -0.360 e. The molecule has 112 valence electrons. The maximum absolute atomic E-state index is 12.4. The number of hydrogen-bond acceptors (Lipinski definition) is 5. The third kappa shape index (κ3) is 3.69. The normalized spacial score (nSPS) is 16.7. The summed E-state index contributed by atoms with van der Waals surface area (Å²) < 4.78 is 0.